The molecule has 10 aromatic carbocycles. The summed E-state index contributed by atoms with van der Waals surface area (Å²) >= 11 is 0. The second-order valence-corrected chi connectivity index (χ2v) is 14.5. The van der Waals surface area contributed by atoms with E-state index in [0.29, 0.717) is 0 Å². The lowest BCUT2D eigenvalue weighted by atomic mass is 9.85. The van der Waals surface area contributed by atoms with E-state index in [2.05, 4.69) is 228 Å². The van der Waals surface area contributed by atoms with E-state index in [1.165, 1.54) is 76.4 Å². The SMILES string of the molecule is c1ccc(N(c2ccc(-c3c4ccccc4c(-c4cccc5ccccc45)c4ccccc34)cc2)c2ccc3c(c2)c2ccccc2n3-c2ccccc2)cc1. The monoisotopic (exact) mass is 712 g/mol. The zero-order chi connectivity index (χ0) is 37.0. The maximum atomic E-state index is 2.37. The Morgan fingerprint density at radius 2 is 0.804 bits per heavy atom. The Labute approximate surface area is 325 Å². The molecule has 11 rings (SSSR count). The van der Waals surface area contributed by atoms with Crippen LogP contribution in [0.25, 0.3) is 82.1 Å². The highest BCUT2D eigenvalue weighted by molar-refractivity contribution is 6.23. The fourth-order valence-corrected chi connectivity index (χ4v) is 8.93. The van der Waals surface area contributed by atoms with Crippen LogP contribution in [0.15, 0.2) is 218 Å². The highest BCUT2D eigenvalue weighted by Gasteiger charge is 2.20. The van der Waals surface area contributed by atoms with E-state index in [4.69, 9.17) is 0 Å². The van der Waals surface area contributed by atoms with Crippen molar-refractivity contribution >= 4 is 71.2 Å². The minimum atomic E-state index is 1.10. The van der Waals surface area contributed by atoms with Gasteiger partial charge in [-0.15, -0.1) is 0 Å². The number of hydrogen-bond donors (Lipinski definition) is 0. The standard InChI is InChI=1S/C54H36N2/c1-3-18-39(19-4-1)55(42-34-35-52-50(36-42)44-23-13-14-29-51(44)56(52)40-20-5-2-6-21-40)41-32-30-38(31-33-41)53-46-24-9-11-26-48(46)54(49-27-12-10-25-47(49)53)45-28-15-17-37-16-7-8-22-43(37)45/h1-36H. The molecule has 0 aliphatic heterocycles. The molecule has 0 atom stereocenters. The number of rotatable bonds is 6. The summed E-state index contributed by atoms with van der Waals surface area (Å²) in [6.45, 7) is 0. The van der Waals surface area contributed by atoms with Crippen molar-refractivity contribution < 1.29 is 0 Å². The molecule has 0 amide bonds. The topological polar surface area (TPSA) is 8.17 Å². The van der Waals surface area contributed by atoms with Crippen LogP contribution in [0.2, 0.25) is 0 Å². The summed E-state index contributed by atoms with van der Waals surface area (Å²) in [5.74, 6) is 0. The van der Waals surface area contributed by atoms with Crippen LogP contribution in [-0.4, -0.2) is 4.57 Å². The molecule has 262 valence electrons. The zero-order valence-corrected chi connectivity index (χ0v) is 30.7. The Morgan fingerprint density at radius 1 is 0.304 bits per heavy atom. The van der Waals surface area contributed by atoms with E-state index in [1.54, 1.807) is 0 Å². The summed E-state index contributed by atoms with van der Waals surface area (Å²) in [5.41, 5.74) is 11.9. The summed E-state index contributed by atoms with van der Waals surface area (Å²) in [4.78, 5) is 2.37. The smallest absolute Gasteiger partial charge is 0.0542 e. The van der Waals surface area contributed by atoms with Crippen LogP contribution in [-0.2, 0) is 0 Å². The average Bonchev–Trinajstić information content (AvgIpc) is 3.60. The minimum absolute atomic E-state index is 1.10. The molecule has 0 saturated heterocycles. The average molecular weight is 713 g/mol. The third kappa shape index (κ3) is 5.11. The van der Waals surface area contributed by atoms with Crippen molar-refractivity contribution in [1.82, 2.24) is 4.57 Å². The third-order valence-corrected chi connectivity index (χ3v) is 11.3. The van der Waals surface area contributed by atoms with Gasteiger partial charge in [0.2, 0.25) is 0 Å². The number of para-hydroxylation sites is 3. The van der Waals surface area contributed by atoms with Crippen molar-refractivity contribution in [3.05, 3.63) is 218 Å². The Morgan fingerprint density at radius 3 is 1.50 bits per heavy atom. The van der Waals surface area contributed by atoms with Gasteiger partial charge >= 0.3 is 0 Å². The van der Waals surface area contributed by atoms with E-state index in [0.717, 1.165) is 22.7 Å². The number of anilines is 3. The fourth-order valence-electron chi connectivity index (χ4n) is 8.93. The van der Waals surface area contributed by atoms with Gasteiger partial charge in [-0.1, -0.05) is 158 Å². The maximum absolute atomic E-state index is 2.37. The van der Waals surface area contributed by atoms with E-state index in [-0.39, 0.29) is 0 Å². The van der Waals surface area contributed by atoms with E-state index in [1.807, 2.05) is 0 Å². The molecule has 0 radical (unpaired) electrons. The molecule has 11 aromatic rings. The van der Waals surface area contributed by atoms with Crippen LogP contribution < -0.4 is 4.90 Å². The van der Waals surface area contributed by atoms with Crippen molar-refractivity contribution in [2.45, 2.75) is 0 Å². The van der Waals surface area contributed by atoms with Crippen LogP contribution >= 0.6 is 0 Å². The second kappa shape index (κ2) is 13.2. The number of hydrogen-bond acceptors (Lipinski definition) is 1. The molecule has 0 N–H and O–H groups in total. The van der Waals surface area contributed by atoms with Gasteiger partial charge in [0.25, 0.3) is 0 Å². The van der Waals surface area contributed by atoms with Crippen LogP contribution in [0.4, 0.5) is 17.1 Å². The molecule has 2 nitrogen and oxygen atoms in total. The molecule has 1 aromatic heterocycles. The molecule has 0 fully saturated rings. The maximum Gasteiger partial charge on any atom is 0.0542 e. The lowest BCUT2D eigenvalue weighted by molar-refractivity contribution is 1.18. The van der Waals surface area contributed by atoms with Gasteiger partial charge < -0.3 is 9.47 Å². The lowest BCUT2D eigenvalue weighted by Gasteiger charge is -2.26. The van der Waals surface area contributed by atoms with Crippen LogP contribution in [0, 0.1) is 0 Å². The normalized spacial score (nSPS) is 11.6. The van der Waals surface area contributed by atoms with Gasteiger partial charge in [-0.2, -0.15) is 0 Å². The molecule has 0 saturated carbocycles. The number of aromatic nitrogens is 1. The second-order valence-electron chi connectivity index (χ2n) is 14.5. The molecule has 0 bridgehead atoms. The molecule has 0 spiro atoms. The highest BCUT2D eigenvalue weighted by Crippen LogP contribution is 2.46. The van der Waals surface area contributed by atoms with Gasteiger partial charge in [0.15, 0.2) is 0 Å². The molecular weight excluding hydrogens is 677 g/mol. The summed E-state index contributed by atoms with van der Waals surface area (Å²) in [7, 11) is 0. The van der Waals surface area contributed by atoms with Crippen molar-refractivity contribution in [3.8, 4) is 27.9 Å². The molecule has 0 aliphatic rings. The molecule has 1 heterocycles. The molecule has 0 unspecified atom stereocenters. The van der Waals surface area contributed by atoms with Crippen molar-refractivity contribution in [1.29, 1.82) is 0 Å². The summed E-state index contributed by atoms with van der Waals surface area (Å²) in [6.07, 6.45) is 0. The van der Waals surface area contributed by atoms with Gasteiger partial charge in [0.05, 0.1) is 11.0 Å². The fraction of sp³-hybridized carbons (Fsp3) is 0. The van der Waals surface area contributed by atoms with Gasteiger partial charge in [0.1, 0.15) is 0 Å². The molecule has 56 heavy (non-hydrogen) atoms. The highest BCUT2D eigenvalue weighted by atomic mass is 15.1. The van der Waals surface area contributed by atoms with Crippen LogP contribution in [0.3, 0.4) is 0 Å². The van der Waals surface area contributed by atoms with Gasteiger partial charge in [-0.3, -0.25) is 0 Å². The first-order chi connectivity index (χ1) is 27.8. The first kappa shape index (κ1) is 32.0. The number of nitrogens with zero attached hydrogens (tertiary/aromatic N) is 2. The van der Waals surface area contributed by atoms with Gasteiger partial charge in [0, 0.05) is 33.5 Å². The number of fused-ring (bicyclic) bond motifs is 6. The lowest BCUT2D eigenvalue weighted by Crippen LogP contribution is -2.09. The van der Waals surface area contributed by atoms with Gasteiger partial charge in [-0.05, 0) is 115 Å². The quantitative estimate of drug-likeness (QED) is 0.156. The Balaban J connectivity index is 1.08. The van der Waals surface area contributed by atoms with Crippen LogP contribution in [0.5, 0.6) is 0 Å². The van der Waals surface area contributed by atoms with Crippen molar-refractivity contribution in [2.24, 2.45) is 0 Å². The summed E-state index contributed by atoms with van der Waals surface area (Å²) < 4.78 is 2.37. The van der Waals surface area contributed by atoms with E-state index >= 15 is 0 Å². The van der Waals surface area contributed by atoms with Gasteiger partial charge in [-0.25, -0.2) is 0 Å². The first-order valence-electron chi connectivity index (χ1n) is 19.3. The summed E-state index contributed by atoms with van der Waals surface area (Å²) in [5, 5.41) is 10.0. The zero-order valence-electron chi connectivity index (χ0n) is 30.7. The summed E-state index contributed by atoms with van der Waals surface area (Å²) in [6, 6.07) is 79.4. The predicted octanol–water partition coefficient (Wildman–Crippen LogP) is 15.0. The molecular formula is C54H36N2. The third-order valence-electron chi connectivity index (χ3n) is 11.3. The minimum Gasteiger partial charge on any atom is -0.310 e. The Hall–Kier alpha value is -7.42. The molecule has 2 heteroatoms. The van der Waals surface area contributed by atoms with Crippen molar-refractivity contribution in [3.63, 3.8) is 0 Å². The Bertz CT molecular complexity index is 3170. The van der Waals surface area contributed by atoms with Crippen molar-refractivity contribution in [2.75, 3.05) is 4.90 Å². The first-order valence-corrected chi connectivity index (χ1v) is 19.3. The molecule has 0 aliphatic carbocycles. The Kier molecular flexibility index (Phi) is 7.53. The predicted molar refractivity (Wildman–Crippen MR) is 239 cm³/mol. The largest absolute Gasteiger partial charge is 0.310 e. The van der Waals surface area contributed by atoms with E-state index < -0.39 is 0 Å². The number of benzene rings is 10. The van der Waals surface area contributed by atoms with Crippen LogP contribution in [0.1, 0.15) is 0 Å². The van der Waals surface area contributed by atoms with E-state index in [9.17, 15) is 0 Å².